The van der Waals surface area contributed by atoms with E-state index in [0.717, 1.165) is 16.3 Å². The summed E-state index contributed by atoms with van der Waals surface area (Å²) in [4.78, 5) is 28.5. The van der Waals surface area contributed by atoms with E-state index in [1.54, 1.807) is 47.7 Å². The average molecular weight is 381 g/mol. The molecule has 0 atom stereocenters. The maximum absolute atomic E-state index is 12.2. The Morgan fingerprint density at radius 3 is 2.00 bits per heavy atom. The third-order valence-corrected chi connectivity index (χ3v) is 4.60. The number of carbonyl (C=O) groups is 2. The minimum atomic E-state index is -0.405. The highest BCUT2D eigenvalue weighted by atomic mass is 32.1. The molecular formula is C20H19N3O3S. The maximum atomic E-state index is 12.2. The molecule has 0 radical (unpaired) electrons. The summed E-state index contributed by atoms with van der Waals surface area (Å²) in [5.41, 5.74) is 7.63. The summed E-state index contributed by atoms with van der Waals surface area (Å²) in [6.07, 6.45) is 0. The van der Waals surface area contributed by atoms with Crippen LogP contribution in [-0.4, -0.2) is 16.8 Å². The molecule has 1 heterocycles. The number of thiazole rings is 1. The summed E-state index contributed by atoms with van der Waals surface area (Å²) < 4.78 is 5.65. The number of benzene rings is 2. The lowest BCUT2D eigenvalue weighted by Crippen LogP contribution is -2.41. The first-order valence-corrected chi connectivity index (χ1v) is 9.20. The number of aryl methyl sites for hydroxylation is 2. The zero-order chi connectivity index (χ0) is 19.2. The highest BCUT2D eigenvalue weighted by molar-refractivity contribution is 7.09. The van der Waals surface area contributed by atoms with Crippen LogP contribution in [0.4, 0.5) is 0 Å². The highest BCUT2D eigenvalue weighted by Gasteiger charge is 2.09. The van der Waals surface area contributed by atoms with Gasteiger partial charge in [-0.2, -0.15) is 0 Å². The molecule has 2 N–H and O–H groups in total. The van der Waals surface area contributed by atoms with E-state index < -0.39 is 5.91 Å². The second-order valence-corrected chi connectivity index (χ2v) is 7.01. The molecule has 138 valence electrons. The molecule has 1 aromatic heterocycles. The van der Waals surface area contributed by atoms with Crippen molar-refractivity contribution in [3.05, 3.63) is 81.3 Å². The molecule has 7 heteroatoms. The Balaban J connectivity index is 1.51. The zero-order valence-corrected chi connectivity index (χ0v) is 15.8. The molecule has 3 aromatic rings. The van der Waals surface area contributed by atoms with Crippen molar-refractivity contribution in [3.63, 3.8) is 0 Å². The van der Waals surface area contributed by atoms with E-state index in [9.17, 15) is 9.59 Å². The molecule has 2 amide bonds. The van der Waals surface area contributed by atoms with Crippen molar-refractivity contribution < 1.29 is 14.3 Å². The summed E-state index contributed by atoms with van der Waals surface area (Å²) in [5, 5.41) is 2.95. The Morgan fingerprint density at radius 1 is 0.926 bits per heavy atom. The van der Waals surface area contributed by atoms with Gasteiger partial charge in [-0.1, -0.05) is 17.7 Å². The predicted molar refractivity (Wildman–Crippen MR) is 104 cm³/mol. The van der Waals surface area contributed by atoms with E-state index in [1.165, 1.54) is 0 Å². The van der Waals surface area contributed by atoms with Crippen LogP contribution < -0.4 is 15.6 Å². The topological polar surface area (TPSA) is 80.3 Å². The molecule has 0 unspecified atom stereocenters. The van der Waals surface area contributed by atoms with Crippen molar-refractivity contribution in [1.29, 1.82) is 0 Å². The third kappa shape index (κ3) is 5.15. The van der Waals surface area contributed by atoms with Crippen LogP contribution >= 0.6 is 11.3 Å². The Hall–Kier alpha value is -3.19. The molecule has 0 fully saturated rings. The molecule has 3 rings (SSSR count). The van der Waals surface area contributed by atoms with Crippen LogP contribution in [0.1, 0.15) is 37.0 Å². The fourth-order valence-corrected chi connectivity index (χ4v) is 2.89. The smallest absolute Gasteiger partial charge is 0.269 e. The Kier molecular flexibility index (Phi) is 5.83. The van der Waals surface area contributed by atoms with Crippen LogP contribution in [0.25, 0.3) is 0 Å². The van der Waals surface area contributed by atoms with Crippen LogP contribution in [-0.2, 0) is 6.61 Å². The lowest BCUT2D eigenvalue weighted by atomic mass is 10.1. The first-order chi connectivity index (χ1) is 13.0. The Labute approximate surface area is 161 Å². The van der Waals surface area contributed by atoms with Crippen LogP contribution in [0.3, 0.4) is 0 Å². The number of carbonyl (C=O) groups excluding carboxylic acids is 2. The predicted octanol–water partition coefficient (Wildman–Crippen LogP) is 3.41. The van der Waals surface area contributed by atoms with E-state index >= 15 is 0 Å². The molecule has 6 nitrogen and oxygen atoms in total. The molecule has 2 aromatic carbocycles. The second-order valence-electron chi connectivity index (χ2n) is 5.95. The third-order valence-electron chi connectivity index (χ3n) is 3.77. The van der Waals surface area contributed by atoms with E-state index in [0.29, 0.717) is 23.5 Å². The number of hydrogen-bond acceptors (Lipinski definition) is 5. The molecule has 0 aliphatic carbocycles. The van der Waals surface area contributed by atoms with Crippen LogP contribution in [0.15, 0.2) is 53.9 Å². The number of nitrogens with one attached hydrogen (secondary N) is 2. The van der Waals surface area contributed by atoms with Gasteiger partial charge in [-0.25, -0.2) is 4.98 Å². The summed E-state index contributed by atoms with van der Waals surface area (Å²) >= 11 is 1.57. The van der Waals surface area contributed by atoms with Gasteiger partial charge in [0.2, 0.25) is 0 Å². The van der Waals surface area contributed by atoms with E-state index in [4.69, 9.17) is 4.74 Å². The summed E-state index contributed by atoms with van der Waals surface area (Å²) in [5.74, 6) is -0.139. The molecule has 0 spiro atoms. The number of hydrogen-bond donors (Lipinski definition) is 2. The van der Waals surface area contributed by atoms with Gasteiger partial charge in [0.1, 0.15) is 12.4 Å². The number of ether oxygens (including phenoxy) is 1. The fraction of sp³-hybridized carbons (Fsp3) is 0.150. The van der Waals surface area contributed by atoms with Gasteiger partial charge < -0.3 is 4.74 Å². The first-order valence-electron chi connectivity index (χ1n) is 8.32. The van der Waals surface area contributed by atoms with Crippen molar-refractivity contribution in [3.8, 4) is 5.75 Å². The van der Waals surface area contributed by atoms with E-state index in [-0.39, 0.29) is 5.91 Å². The van der Waals surface area contributed by atoms with Gasteiger partial charge in [-0.05, 0) is 50.2 Å². The molecule has 0 aliphatic rings. The standard InChI is InChI=1S/C20H19N3O3S/c1-13-3-5-15(6-4-13)19(24)22-23-20(25)16-7-9-18(10-8-16)26-11-17-12-27-14(2)21-17/h3-10,12H,11H2,1-2H3,(H,22,24)(H,23,25). The van der Waals surface area contributed by atoms with Crippen molar-refractivity contribution in [2.24, 2.45) is 0 Å². The number of nitrogens with zero attached hydrogens (tertiary/aromatic N) is 1. The molecule has 0 saturated carbocycles. The largest absolute Gasteiger partial charge is 0.487 e. The minimum absolute atomic E-state index is 0.373. The maximum Gasteiger partial charge on any atom is 0.269 e. The zero-order valence-electron chi connectivity index (χ0n) is 15.0. The van der Waals surface area contributed by atoms with Gasteiger partial charge >= 0.3 is 0 Å². The number of amides is 2. The highest BCUT2D eigenvalue weighted by Crippen LogP contribution is 2.15. The van der Waals surface area contributed by atoms with Crippen molar-refractivity contribution in [2.75, 3.05) is 0 Å². The molecule has 0 aliphatic heterocycles. The van der Waals surface area contributed by atoms with Gasteiger partial charge in [0.25, 0.3) is 11.8 Å². The lowest BCUT2D eigenvalue weighted by Gasteiger charge is -2.09. The lowest BCUT2D eigenvalue weighted by molar-refractivity contribution is 0.0846. The number of aromatic nitrogens is 1. The molecule has 27 heavy (non-hydrogen) atoms. The van der Waals surface area contributed by atoms with E-state index in [2.05, 4.69) is 15.8 Å². The normalized spacial score (nSPS) is 10.3. The first kappa shape index (κ1) is 18.6. The molecule has 0 saturated heterocycles. The van der Waals surface area contributed by atoms with Crippen molar-refractivity contribution in [2.45, 2.75) is 20.5 Å². The SMILES string of the molecule is Cc1ccc(C(=O)NNC(=O)c2ccc(OCc3csc(C)n3)cc2)cc1. The van der Waals surface area contributed by atoms with E-state index in [1.807, 2.05) is 31.4 Å². The monoisotopic (exact) mass is 381 g/mol. The van der Waals surface area contributed by atoms with Gasteiger partial charge in [-0.15, -0.1) is 11.3 Å². The number of rotatable bonds is 5. The fourth-order valence-electron chi connectivity index (χ4n) is 2.30. The summed E-state index contributed by atoms with van der Waals surface area (Å²) in [7, 11) is 0. The average Bonchev–Trinajstić information content (AvgIpc) is 3.10. The summed E-state index contributed by atoms with van der Waals surface area (Å²) in [6, 6.07) is 13.8. The van der Waals surface area contributed by atoms with Crippen LogP contribution in [0, 0.1) is 13.8 Å². The van der Waals surface area contributed by atoms with Crippen molar-refractivity contribution >= 4 is 23.2 Å². The van der Waals surface area contributed by atoms with Gasteiger partial charge in [0.15, 0.2) is 0 Å². The molecule has 0 bridgehead atoms. The van der Waals surface area contributed by atoms with Gasteiger partial charge in [0.05, 0.1) is 10.7 Å². The quantitative estimate of drug-likeness (QED) is 0.664. The van der Waals surface area contributed by atoms with Crippen molar-refractivity contribution in [1.82, 2.24) is 15.8 Å². The second kappa shape index (κ2) is 8.46. The molecular weight excluding hydrogens is 362 g/mol. The Bertz CT molecular complexity index is 934. The number of hydrazine groups is 1. The van der Waals surface area contributed by atoms with Crippen LogP contribution in [0.5, 0.6) is 5.75 Å². The summed E-state index contributed by atoms with van der Waals surface area (Å²) in [6.45, 7) is 4.26. The van der Waals surface area contributed by atoms with Gasteiger partial charge in [0, 0.05) is 16.5 Å². The Morgan fingerprint density at radius 2 is 1.48 bits per heavy atom. The minimum Gasteiger partial charge on any atom is -0.487 e. The van der Waals surface area contributed by atoms with Crippen LogP contribution in [0.2, 0.25) is 0 Å². The van der Waals surface area contributed by atoms with Gasteiger partial charge in [-0.3, -0.25) is 20.4 Å².